The Morgan fingerprint density at radius 3 is 2.64 bits per heavy atom. The van der Waals surface area contributed by atoms with Gasteiger partial charge in [-0.1, -0.05) is 13.8 Å². The van der Waals surface area contributed by atoms with Gasteiger partial charge in [-0.15, -0.1) is 0 Å². The maximum absolute atomic E-state index is 5.51. The van der Waals surface area contributed by atoms with Crippen molar-refractivity contribution in [2.24, 2.45) is 18.8 Å². The van der Waals surface area contributed by atoms with Crippen molar-refractivity contribution in [1.29, 1.82) is 0 Å². The molecule has 0 radical (unpaired) electrons. The van der Waals surface area contributed by atoms with E-state index in [0.29, 0.717) is 5.92 Å². The van der Waals surface area contributed by atoms with Gasteiger partial charge in [0.2, 0.25) is 0 Å². The lowest BCUT2D eigenvalue weighted by Crippen LogP contribution is -2.33. The second kappa shape index (κ2) is 4.43. The van der Waals surface area contributed by atoms with Crippen LogP contribution in [0, 0.1) is 5.92 Å². The van der Waals surface area contributed by atoms with E-state index in [0.717, 1.165) is 11.4 Å². The van der Waals surface area contributed by atoms with Crippen LogP contribution in [0.1, 0.15) is 25.6 Å². The summed E-state index contributed by atoms with van der Waals surface area (Å²) in [5, 5.41) is 4.13. The van der Waals surface area contributed by atoms with Crippen LogP contribution < -0.4 is 16.0 Å². The number of hydrogen-bond donors (Lipinski definition) is 2. The van der Waals surface area contributed by atoms with Crippen LogP contribution in [0.5, 0.6) is 5.75 Å². The number of nitrogens with one attached hydrogen (secondary N) is 1. The maximum Gasteiger partial charge on any atom is 0.161 e. The SMILES string of the molecule is COc1cnn(C)c1C(NN)C(C)C. The van der Waals surface area contributed by atoms with Gasteiger partial charge < -0.3 is 4.74 Å². The van der Waals surface area contributed by atoms with Gasteiger partial charge in [0.15, 0.2) is 5.75 Å². The molecule has 0 saturated carbocycles. The molecule has 3 N–H and O–H groups in total. The Labute approximate surface area is 84.2 Å². The lowest BCUT2D eigenvalue weighted by atomic mass is 10.0. The third-order valence-electron chi connectivity index (χ3n) is 2.31. The van der Waals surface area contributed by atoms with Crippen LogP contribution in [0.15, 0.2) is 6.20 Å². The van der Waals surface area contributed by atoms with Gasteiger partial charge in [-0.3, -0.25) is 16.0 Å². The molecule has 0 bridgehead atoms. The minimum atomic E-state index is 0.0532. The number of nitrogens with zero attached hydrogens (tertiary/aromatic N) is 2. The largest absolute Gasteiger partial charge is 0.493 e. The number of hydrazine groups is 1. The standard InChI is InChI=1S/C9H18N4O/c1-6(2)8(12-10)9-7(14-4)5-11-13(9)3/h5-6,8,12H,10H2,1-4H3. The van der Waals surface area contributed by atoms with Gasteiger partial charge in [-0.05, 0) is 5.92 Å². The van der Waals surface area contributed by atoms with E-state index in [1.807, 2.05) is 7.05 Å². The lowest BCUT2D eigenvalue weighted by Gasteiger charge is -2.20. The van der Waals surface area contributed by atoms with Crippen LogP contribution in [-0.2, 0) is 7.05 Å². The molecule has 1 heterocycles. The number of ether oxygens (including phenoxy) is 1. The molecule has 0 aromatic carbocycles. The van der Waals surface area contributed by atoms with E-state index in [4.69, 9.17) is 10.6 Å². The molecule has 5 nitrogen and oxygen atoms in total. The number of aromatic nitrogens is 2. The van der Waals surface area contributed by atoms with Crippen molar-refractivity contribution in [2.45, 2.75) is 19.9 Å². The fourth-order valence-corrected chi connectivity index (χ4v) is 1.53. The van der Waals surface area contributed by atoms with Gasteiger partial charge in [0.05, 0.1) is 25.0 Å². The summed E-state index contributed by atoms with van der Waals surface area (Å²) >= 11 is 0. The van der Waals surface area contributed by atoms with Crippen molar-refractivity contribution in [3.63, 3.8) is 0 Å². The van der Waals surface area contributed by atoms with Crippen LogP contribution >= 0.6 is 0 Å². The molecular weight excluding hydrogens is 180 g/mol. The van der Waals surface area contributed by atoms with E-state index < -0.39 is 0 Å². The molecule has 0 spiro atoms. The molecule has 1 atom stereocenters. The van der Waals surface area contributed by atoms with Gasteiger partial charge in [-0.25, -0.2) is 0 Å². The summed E-state index contributed by atoms with van der Waals surface area (Å²) < 4.78 is 7.00. The van der Waals surface area contributed by atoms with Gasteiger partial charge in [0.25, 0.3) is 0 Å². The zero-order valence-electron chi connectivity index (χ0n) is 9.11. The van der Waals surface area contributed by atoms with E-state index in [-0.39, 0.29) is 6.04 Å². The van der Waals surface area contributed by atoms with Crippen molar-refractivity contribution in [3.8, 4) is 5.75 Å². The highest BCUT2D eigenvalue weighted by Crippen LogP contribution is 2.28. The van der Waals surface area contributed by atoms with E-state index in [9.17, 15) is 0 Å². The third kappa shape index (κ3) is 1.88. The van der Waals surface area contributed by atoms with Crippen molar-refractivity contribution in [3.05, 3.63) is 11.9 Å². The quantitative estimate of drug-likeness (QED) is 0.549. The Morgan fingerprint density at radius 1 is 1.57 bits per heavy atom. The monoisotopic (exact) mass is 198 g/mol. The molecule has 0 aliphatic rings. The summed E-state index contributed by atoms with van der Waals surface area (Å²) in [6.45, 7) is 4.19. The van der Waals surface area contributed by atoms with Gasteiger partial charge in [-0.2, -0.15) is 5.10 Å². The first kappa shape index (κ1) is 11.0. The summed E-state index contributed by atoms with van der Waals surface area (Å²) in [6.07, 6.45) is 1.70. The minimum absolute atomic E-state index is 0.0532. The number of rotatable bonds is 4. The topological polar surface area (TPSA) is 65.1 Å². The second-order valence-corrected chi connectivity index (χ2v) is 3.61. The summed E-state index contributed by atoms with van der Waals surface area (Å²) in [7, 11) is 3.51. The van der Waals surface area contributed by atoms with Crippen LogP contribution in [0.25, 0.3) is 0 Å². The van der Waals surface area contributed by atoms with Crippen LogP contribution in [0.2, 0.25) is 0 Å². The highest BCUT2D eigenvalue weighted by molar-refractivity contribution is 5.28. The molecule has 5 heteroatoms. The highest BCUT2D eigenvalue weighted by Gasteiger charge is 2.22. The first-order valence-corrected chi connectivity index (χ1v) is 4.63. The first-order chi connectivity index (χ1) is 6.61. The van der Waals surface area contributed by atoms with Crippen molar-refractivity contribution in [1.82, 2.24) is 15.2 Å². The molecule has 1 aromatic rings. The third-order valence-corrected chi connectivity index (χ3v) is 2.31. The molecule has 0 aliphatic heterocycles. The lowest BCUT2D eigenvalue weighted by molar-refractivity contribution is 0.360. The summed E-state index contributed by atoms with van der Waals surface area (Å²) in [6, 6.07) is 0.0532. The van der Waals surface area contributed by atoms with Gasteiger partial charge in [0.1, 0.15) is 0 Å². The summed E-state index contributed by atoms with van der Waals surface area (Å²) in [5.74, 6) is 6.66. The predicted octanol–water partition coefficient (Wildman–Crippen LogP) is 0.589. The number of aryl methyl sites for hydroxylation is 1. The fraction of sp³-hybridized carbons (Fsp3) is 0.667. The normalized spacial score (nSPS) is 13.3. The Hall–Kier alpha value is -1.07. The fourth-order valence-electron chi connectivity index (χ4n) is 1.53. The molecule has 1 unspecified atom stereocenters. The maximum atomic E-state index is 5.51. The summed E-state index contributed by atoms with van der Waals surface area (Å²) in [4.78, 5) is 0. The number of nitrogens with two attached hydrogens (primary N) is 1. The van der Waals surface area contributed by atoms with Crippen LogP contribution in [0.4, 0.5) is 0 Å². The van der Waals surface area contributed by atoms with Crippen molar-refractivity contribution in [2.75, 3.05) is 7.11 Å². The Balaban J connectivity index is 3.07. The molecule has 14 heavy (non-hydrogen) atoms. The zero-order chi connectivity index (χ0) is 10.7. The van der Waals surface area contributed by atoms with Crippen molar-refractivity contribution >= 4 is 0 Å². The summed E-state index contributed by atoms with van der Waals surface area (Å²) in [5.41, 5.74) is 3.76. The molecule has 1 aromatic heterocycles. The van der Waals surface area contributed by atoms with Crippen LogP contribution in [-0.4, -0.2) is 16.9 Å². The van der Waals surface area contributed by atoms with E-state index >= 15 is 0 Å². The van der Waals surface area contributed by atoms with Gasteiger partial charge >= 0.3 is 0 Å². The molecule has 0 aliphatic carbocycles. The predicted molar refractivity (Wildman–Crippen MR) is 54.7 cm³/mol. The van der Waals surface area contributed by atoms with E-state index in [1.54, 1.807) is 18.0 Å². The van der Waals surface area contributed by atoms with Crippen LogP contribution in [0.3, 0.4) is 0 Å². The molecule has 0 saturated heterocycles. The van der Waals surface area contributed by atoms with Gasteiger partial charge in [0, 0.05) is 7.05 Å². The van der Waals surface area contributed by atoms with E-state index in [2.05, 4.69) is 24.4 Å². The second-order valence-electron chi connectivity index (χ2n) is 3.61. The smallest absolute Gasteiger partial charge is 0.161 e. The molecule has 0 amide bonds. The average Bonchev–Trinajstić information content (AvgIpc) is 2.49. The Kier molecular flexibility index (Phi) is 3.49. The molecule has 80 valence electrons. The van der Waals surface area contributed by atoms with Crippen molar-refractivity contribution < 1.29 is 4.74 Å². The molecule has 1 rings (SSSR count). The average molecular weight is 198 g/mol. The van der Waals surface area contributed by atoms with E-state index in [1.165, 1.54) is 0 Å². The first-order valence-electron chi connectivity index (χ1n) is 4.63. The zero-order valence-corrected chi connectivity index (χ0v) is 9.11. The Bertz CT molecular complexity index is 295. The number of methoxy groups -OCH3 is 1. The Morgan fingerprint density at radius 2 is 2.21 bits per heavy atom. The molecule has 0 fully saturated rings. The molecular formula is C9H18N4O. The number of hydrogen-bond acceptors (Lipinski definition) is 4. The minimum Gasteiger partial charge on any atom is -0.493 e. The highest BCUT2D eigenvalue weighted by atomic mass is 16.5.